The SMILES string of the molecule is Cc1c(F)c(Cl)c(Cl)c(F)c1Nc1c([N+](=O)[O-])cc([N+](=O)[O-])cc1C(F)(F)F. The maximum absolute atomic E-state index is 14.4. The maximum Gasteiger partial charge on any atom is 0.418 e. The molecule has 150 valence electrons. The molecule has 0 atom stereocenters. The minimum absolute atomic E-state index is 0.0243. The van der Waals surface area contributed by atoms with E-state index in [9.17, 15) is 42.2 Å². The van der Waals surface area contributed by atoms with Crippen LogP contribution in [0.15, 0.2) is 12.1 Å². The van der Waals surface area contributed by atoms with Crippen molar-refractivity contribution in [1.82, 2.24) is 0 Å². The summed E-state index contributed by atoms with van der Waals surface area (Å²) in [5.74, 6) is -2.74. The molecule has 2 rings (SSSR count). The lowest BCUT2D eigenvalue weighted by Crippen LogP contribution is -2.13. The number of nitrogens with zero attached hydrogens (tertiary/aromatic N) is 2. The van der Waals surface area contributed by atoms with E-state index in [4.69, 9.17) is 23.2 Å². The molecule has 1 N–H and O–H groups in total. The smallest absolute Gasteiger partial charge is 0.347 e. The Morgan fingerprint density at radius 2 is 1.50 bits per heavy atom. The molecule has 0 bridgehead atoms. The van der Waals surface area contributed by atoms with E-state index in [1.54, 1.807) is 5.32 Å². The third-order valence-corrected chi connectivity index (χ3v) is 4.37. The van der Waals surface area contributed by atoms with E-state index in [0.717, 1.165) is 6.92 Å². The number of anilines is 2. The molecule has 0 radical (unpaired) electrons. The zero-order valence-corrected chi connectivity index (χ0v) is 14.8. The molecule has 0 aliphatic heterocycles. The predicted octanol–water partition coefficient (Wildman–Crippen LogP) is 6.16. The summed E-state index contributed by atoms with van der Waals surface area (Å²) in [6.07, 6.45) is -5.31. The van der Waals surface area contributed by atoms with E-state index in [0.29, 0.717) is 0 Å². The summed E-state index contributed by atoms with van der Waals surface area (Å²) in [6.45, 7) is 0.938. The minimum atomic E-state index is -5.31. The van der Waals surface area contributed by atoms with E-state index in [1.807, 2.05) is 0 Å². The predicted molar refractivity (Wildman–Crippen MR) is 89.2 cm³/mol. The van der Waals surface area contributed by atoms with Gasteiger partial charge in [-0.05, 0) is 6.92 Å². The zero-order valence-electron chi connectivity index (χ0n) is 13.3. The molecule has 0 saturated heterocycles. The summed E-state index contributed by atoms with van der Waals surface area (Å²) in [5.41, 5.74) is -7.34. The van der Waals surface area contributed by atoms with Gasteiger partial charge in [-0.1, -0.05) is 23.2 Å². The first-order valence-corrected chi connectivity index (χ1v) is 7.66. The average Bonchev–Trinajstić information content (AvgIpc) is 2.60. The Balaban J connectivity index is 2.87. The number of halogens is 7. The Hall–Kier alpha value is -2.73. The maximum atomic E-state index is 14.4. The number of hydrogen-bond acceptors (Lipinski definition) is 5. The van der Waals surface area contributed by atoms with Crippen LogP contribution in [-0.4, -0.2) is 9.85 Å². The molecular formula is C14H6Cl2F5N3O4. The molecule has 28 heavy (non-hydrogen) atoms. The molecule has 0 aliphatic carbocycles. The van der Waals surface area contributed by atoms with E-state index < -0.39 is 71.6 Å². The first-order chi connectivity index (χ1) is 12.8. The molecule has 0 saturated carbocycles. The first-order valence-electron chi connectivity index (χ1n) is 6.91. The van der Waals surface area contributed by atoms with Gasteiger partial charge in [-0.15, -0.1) is 0 Å². The van der Waals surface area contributed by atoms with Gasteiger partial charge >= 0.3 is 6.18 Å². The van der Waals surface area contributed by atoms with Crippen molar-refractivity contribution in [2.75, 3.05) is 5.32 Å². The largest absolute Gasteiger partial charge is 0.418 e. The lowest BCUT2D eigenvalue weighted by atomic mass is 10.1. The van der Waals surface area contributed by atoms with Gasteiger partial charge in [0.2, 0.25) is 0 Å². The molecule has 2 aromatic carbocycles. The third-order valence-electron chi connectivity index (χ3n) is 3.57. The van der Waals surface area contributed by atoms with Crippen LogP contribution in [0.3, 0.4) is 0 Å². The summed E-state index contributed by atoms with van der Waals surface area (Å²) in [7, 11) is 0. The second kappa shape index (κ2) is 7.36. The fourth-order valence-corrected chi connectivity index (χ4v) is 2.63. The molecule has 2 aromatic rings. The number of nitrogens with one attached hydrogen (secondary N) is 1. The second-order valence-electron chi connectivity index (χ2n) is 5.28. The van der Waals surface area contributed by atoms with Gasteiger partial charge in [-0.3, -0.25) is 20.2 Å². The zero-order chi connectivity index (χ0) is 21.5. The Kier molecular flexibility index (Phi) is 5.67. The van der Waals surface area contributed by atoms with Crippen molar-refractivity contribution in [2.24, 2.45) is 0 Å². The van der Waals surface area contributed by atoms with Crippen molar-refractivity contribution >= 4 is 46.0 Å². The summed E-state index contributed by atoms with van der Waals surface area (Å²) >= 11 is 11.0. The summed E-state index contributed by atoms with van der Waals surface area (Å²) in [4.78, 5) is 19.4. The summed E-state index contributed by atoms with van der Waals surface area (Å²) < 4.78 is 68.5. The highest BCUT2D eigenvalue weighted by atomic mass is 35.5. The van der Waals surface area contributed by atoms with Crippen molar-refractivity contribution in [3.8, 4) is 0 Å². The normalized spacial score (nSPS) is 11.4. The van der Waals surface area contributed by atoms with Crippen molar-refractivity contribution in [3.05, 3.63) is 65.2 Å². The van der Waals surface area contributed by atoms with Crippen LogP contribution in [0.25, 0.3) is 0 Å². The van der Waals surface area contributed by atoms with Gasteiger partial charge in [0.25, 0.3) is 11.4 Å². The standard InChI is InChI=1S/C14H6Cl2F5N3O4/c1-4-10(17)8(15)9(16)11(18)12(4)22-13-6(14(19,20)21)2-5(23(25)26)3-7(13)24(27)28/h2-3,22H,1H3. The van der Waals surface area contributed by atoms with Gasteiger partial charge in [0, 0.05) is 11.6 Å². The van der Waals surface area contributed by atoms with Gasteiger partial charge in [0.05, 0.1) is 32.2 Å². The van der Waals surface area contributed by atoms with Gasteiger partial charge in [-0.25, -0.2) is 8.78 Å². The number of nitro benzene ring substituents is 2. The molecule has 0 aliphatic rings. The molecule has 0 amide bonds. The third kappa shape index (κ3) is 3.78. The van der Waals surface area contributed by atoms with E-state index >= 15 is 0 Å². The van der Waals surface area contributed by atoms with Gasteiger partial charge in [-0.2, -0.15) is 13.2 Å². The average molecular weight is 446 g/mol. The van der Waals surface area contributed by atoms with Crippen LogP contribution in [-0.2, 0) is 6.18 Å². The van der Waals surface area contributed by atoms with Crippen LogP contribution in [0.4, 0.5) is 44.7 Å². The second-order valence-corrected chi connectivity index (χ2v) is 6.04. The van der Waals surface area contributed by atoms with E-state index in [-0.39, 0.29) is 12.1 Å². The Labute approximate surface area is 162 Å². The molecule has 0 unspecified atom stereocenters. The van der Waals surface area contributed by atoms with E-state index in [2.05, 4.69) is 0 Å². The van der Waals surface area contributed by atoms with Gasteiger partial charge < -0.3 is 5.32 Å². The molecule has 0 fully saturated rings. The fraction of sp³-hybridized carbons (Fsp3) is 0.143. The van der Waals surface area contributed by atoms with Crippen LogP contribution < -0.4 is 5.32 Å². The highest BCUT2D eigenvalue weighted by molar-refractivity contribution is 6.42. The number of rotatable bonds is 4. The Bertz CT molecular complexity index is 985. The van der Waals surface area contributed by atoms with Crippen LogP contribution >= 0.6 is 23.2 Å². The van der Waals surface area contributed by atoms with Crippen molar-refractivity contribution in [1.29, 1.82) is 0 Å². The molecule has 7 nitrogen and oxygen atoms in total. The summed E-state index contributed by atoms with van der Waals surface area (Å²) in [5, 5.41) is 22.0. The number of benzene rings is 2. The first kappa shape index (κ1) is 21.6. The molecule has 14 heteroatoms. The fourth-order valence-electron chi connectivity index (χ4n) is 2.23. The van der Waals surface area contributed by atoms with Crippen molar-refractivity contribution < 1.29 is 31.8 Å². The van der Waals surface area contributed by atoms with Gasteiger partial charge in [0.15, 0.2) is 5.82 Å². The monoisotopic (exact) mass is 445 g/mol. The topological polar surface area (TPSA) is 98.3 Å². The Morgan fingerprint density at radius 1 is 0.964 bits per heavy atom. The quantitative estimate of drug-likeness (QED) is 0.200. The Morgan fingerprint density at radius 3 is 1.96 bits per heavy atom. The summed E-state index contributed by atoms with van der Waals surface area (Å²) in [6, 6.07) is 0.273. The highest BCUT2D eigenvalue weighted by Gasteiger charge is 2.40. The number of alkyl halides is 3. The molecule has 0 aromatic heterocycles. The van der Waals surface area contributed by atoms with Crippen LogP contribution in [0.2, 0.25) is 10.0 Å². The van der Waals surface area contributed by atoms with E-state index in [1.165, 1.54) is 0 Å². The lowest BCUT2D eigenvalue weighted by Gasteiger charge is -2.18. The highest BCUT2D eigenvalue weighted by Crippen LogP contribution is 2.45. The van der Waals surface area contributed by atoms with Crippen molar-refractivity contribution in [2.45, 2.75) is 13.1 Å². The number of non-ortho nitro benzene ring substituents is 1. The van der Waals surface area contributed by atoms with Gasteiger partial charge in [0.1, 0.15) is 16.5 Å². The van der Waals surface area contributed by atoms with Crippen LogP contribution in [0.1, 0.15) is 11.1 Å². The lowest BCUT2D eigenvalue weighted by molar-refractivity contribution is -0.394. The van der Waals surface area contributed by atoms with Crippen molar-refractivity contribution in [3.63, 3.8) is 0 Å². The minimum Gasteiger partial charge on any atom is -0.347 e. The van der Waals surface area contributed by atoms with Crippen LogP contribution in [0.5, 0.6) is 0 Å². The molecule has 0 spiro atoms. The number of nitro groups is 2. The number of hydrogen-bond donors (Lipinski definition) is 1. The van der Waals surface area contributed by atoms with Crippen LogP contribution in [0, 0.1) is 38.8 Å². The molecule has 0 heterocycles. The molecular weight excluding hydrogens is 440 g/mol.